The van der Waals surface area contributed by atoms with Crippen LogP contribution in [0.1, 0.15) is 59.8 Å². The van der Waals surface area contributed by atoms with E-state index in [0.29, 0.717) is 12.1 Å². The lowest BCUT2D eigenvalue weighted by Crippen LogP contribution is -2.50. The van der Waals surface area contributed by atoms with Crippen LogP contribution in [0, 0.1) is 5.41 Å². The normalized spacial score (nSPS) is 19.8. The molecule has 0 aromatic carbocycles. The number of nitrogens with one attached hydrogen (secondary N) is 1. The van der Waals surface area contributed by atoms with Crippen molar-refractivity contribution in [2.45, 2.75) is 71.9 Å². The molecule has 1 fully saturated rings. The van der Waals surface area contributed by atoms with Crippen molar-refractivity contribution in [1.29, 1.82) is 0 Å². The smallest absolute Gasteiger partial charge is 0.169 e. The zero-order valence-electron chi connectivity index (χ0n) is 12.0. The van der Waals surface area contributed by atoms with Crippen molar-refractivity contribution in [2.24, 2.45) is 5.41 Å². The molecule has 0 aliphatic heterocycles. The summed E-state index contributed by atoms with van der Waals surface area (Å²) in [6.07, 6.45) is 6.63. The van der Waals surface area contributed by atoms with E-state index in [4.69, 9.17) is 12.2 Å². The molecule has 0 amide bonds. The Balaban J connectivity index is 2.46. The van der Waals surface area contributed by atoms with Crippen molar-refractivity contribution in [3.05, 3.63) is 0 Å². The molecule has 1 unspecified atom stereocenters. The van der Waals surface area contributed by atoms with Crippen molar-refractivity contribution < 1.29 is 0 Å². The van der Waals surface area contributed by atoms with Gasteiger partial charge in [-0.15, -0.1) is 0 Å². The Morgan fingerprint density at radius 3 is 2.24 bits per heavy atom. The molecule has 3 heteroatoms. The standard InChI is InChI=1S/C14H28N2S/c1-11(14(2,3)4)16(5)13(17)15-12-9-7-6-8-10-12/h11-12H,6-10H2,1-5H3,(H,15,17). The molecule has 1 atom stereocenters. The van der Waals surface area contributed by atoms with E-state index in [2.05, 4.69) is 45.0 Å². The van der Waals surface area contributed by atoms with E-state index in [1.54, 1.807) is 0 Å². The third-order valence-corrected chi connectivity index (χ3v) is 4.49. The van der Waals surface area contributed by atoms with Crippen molar-refractivity contribution in [3.8, 4) is 0 Å². The maximum absolute atomic E-state index is 5.52. The quantitative estimate of drug-likeness (QED) is 0.761. The summed E-state index contributed by atoms with van der Waals surface area (Å²) >= 11 is 5.52. The van der Waals surface area contributed by atoms with Gasteiger partial charge >= 0.3 is 0 Å². The fourth-order valence-electron chi connectivity index (χ4n) is 2.28. The average Bonchev–Trinajstić information content (AvgIpc) is 2.27. The van der Waals surface area contributed by atoms with Crippen LogP contribution < -0.4 is 5.32 Å². The zero-order valence-corrected chi connectivity index (χ0v) is 12.9. The van der Waals surface area contributed by atoms with Crippen LogP contribution in [0.4, 0.5) is 0 Å². The van der Waals surface area contributed by atoms with E-state index in [1.165, 1.54) is 32.1 Å². The van der Waals surface area contributed by atoms with Crippen LogP contribution in [-0.4, -0.2) is 29.1 Å². The highest BCUT2D eigenvalue weighted by molar-refractivity contribution is 7.80. The summed E-state index contributed by atoms with van der Waals surface area (Å²) in [6, 6.07) is 1.05. The first kappa shape index (κ1) is 14.7. The van der Waals surface area contributed by atoms with Gasteiger partial charge in [0.25, 0.3) is 0 Å². The van der Waals surface area contributed by atoms with Gasteiger partial charge in [0.05, 0.1) is 0 Å². The molecule has 0 bridgehead atoms. The summed E-state index contributed by atoms with van der Waals surface area (Å²) in [5.74, 6) is 0. The second-order valence-corrected chi connectivity index (χ2v) is 6.82. The van der Waals surface area contributed by atoms with Crippen LogP contribution in [0.15, 0.2) is 0 Å². The van der Waals surface area contributed by atoms with Gasteiger partial charge in [-0.2, -0.15) is 0 Å². The van der Waals surface area contributed by atoms with Crippen LogP contribution in [-0.2, 0) is 0 Å². The minimum atomic E-state index is 0.257. The fraction of sp³-hybridized carbons (Fsp3) is 0.929. The Morgan fingerprint density at radius 1 is 1.24 bits per heavy atom. The average molecular weight is 256 g/mol. The maximum Gasteiger partial charge on any atom is 0.169 e. The first-order valence-corrected chi connectivity index (χ1v) is 7.26. The molecule has 1 saturated carbocycles. The molecular weight excluding hydrogens is 228 g/mol. The van der Waals surface area contributed by atoms with Crippen molar-refractivity contribution >= 4 is 17.3 Å². The lowest BCUT2D eigenvalue weighted by atomic mass is 9.87. The monoisotopic (exact) mass is 256 g/mol. The minimum absolute atomic E-state index is 0.257. The highest BCUT2D eigenvalue weighted by atomic mass is 32.1. The van der Waals surface area contributed by atoms with E-state index < -0.39 is 0 Å². The van der Waals surface area contributed by atoms with Crippen LogP contribution >= 0.6 is 12.2 Å². The summed E-state index contributed by atoms with van der Waals surface area (Å²) in [5.41, 5.74) is 0.257. The molecule has 0 aromatic rings. The molecular formula is C14H28N2S. The topological polar surface area (TPSA) is 15.3 Å². The predicted octanol–water partition coefficient (Wildman–Crippen LogP) is 3.56. The van der Waals surface area contributed by atoms with Crippen LogP contribution in [0.3, 0.4) is 0 Å². The van der Waals surface area contributed by atoms with Crippen molar-refractivity contribution in [2.75, 3.05) is 7.05 Å². The molecule has 1 N–H and O–H groups in total. The number of hydrogen-bond donors (Lipinski definition) is 1. The lowest BCUT2D eigenvalue weighted by molar-refractivity contribution is 0.204. The van der Waals surface area contributed by atoms with Gasteiger partial charge in [-0.05, 0) is 37.4 Å². The molecule has 0 saturated heterocycles. The maximum atomic E-state index is 5.52. The Bertz CT molecular complexity index is 251. The molecule has 2 nitrogen and oxygen atoms in total. The lowest BCUT2D eigenvalue weighted by Gasteiger charge is -2.38. The van der Waals surface area contributed by atoms with E-state index in [-0.39, 0.29) is 5.41 Å². The Labute approximate surface area is 112 Å². The van der Waals surface area contributed by atoms with E-state index in [1.807, 2.05) is 0 Å². The summed E-state index contributed by atoms with van der Waals surface area (Å²) in [7, 11) is 2.11. The summed E-state index contributed by atoms with van der Waals surface area (Å²) in [5, 5.41) is 4.45. The third kappa shape index (κ3) is 4.46. The highest BCUT2D eigenvalue weighted by Gasteiger charge is 2.26. The molecule has 1 aliphatic rings. The Kier molecular flexibility index (Phi) is 5.23. The number of hydrogen-bond acceptors (Lipinski definition) is 1. The molecule has 1 rings (SSSR count). The Hall–Kier alpha value is -0.310. The molecule has 0 radical (unpaired) electrons. The highest BCUT2D eigenvalue weighted by Crippen LogP contribution is 2.23. The zero-order chi connectivity index (χ0) is 13.1. The summed E-state index contributed by atoms with van der Waals surface area (Å²) in [4.78, 5) is 2.21. The van der Waals surface area contributed by atoms with Gasteiger partial charge in [0.1, 0.15) is 0 Å². The fourth-order valence-corrected chi connectivity index (χ4v) is 2.60. The SMILES string of the molecule is CC(N(C)C(=S)NC1CCCCC1)C(C)(C)C. The Morgan fingerprint density at radius 2 is 1.76 bits per heavy atom. The van der Waals surface area contributed by atoms with Gasteiger partial charge in [-0.3, -0.25) is 0 Å². The number of thiocarbonyl (C=S) groups is 1. The number of rotatable bonds is 2. The van der Waals surface area contributed by atoms with E-state index in [0.717, 1.165) is 5.11 Å². The predicted molar refractivity (Wildman–Crippen MR) is 79.3 cm³/mol. The molecule has 0 spiro atoms. The molecule has 0 heterocycles. The second kappa shape index (κ2) is 6.03. The van der Waals surface area contributed by atoms with Gasteiger partial charge in [-0.25, -0.2) is 0 Å². The molecule has 0 aromatic heterocycles. The van der Waals surface area contributed by atoms with Gasteiger partial charge in [0.2, 0.25) is 0 Å². The number of nitrogens with zero attached hydrogens (tertiary/aromatic N) is 1. The first-order valence-electron chi connectivity index (χ1n) is 6.85. The van der Waals surface area contributed by atoms with Crippen LogP contribution in [0.25, 0.3) is 0 Å². The van der Waals surface area contributed by atoms with Gasteiger partial charge in [0.15, 0.2) is 5.11 Å². The van der Waals surface area contributed by atoms with Crippen molar-refractivity contribution in [3.63, 3.8) is 0 Å². The van der Waals surface area contributed by atoms with Gasteiger partial charge in [0, 0.05) is 19.1 Å². The van der Waals surface area contributed by atoms with Crippen LogP contribution in [0.5, 0.6) is 0 Å². The molecule has 17 heavy (non-hydrogen) atoms. The summed E-state index contributed by atoms with van der Waals surface area (Å²) < 4.78 is 0. The minimum Gasteiger partial charge on any atom is -0.360 e. The van der Waals surface area contributed by atoms with E-state index >= 15 is 0 Å². The van der Waals surface area contributed by atoms with Crippen molar-refractivity contribution in [1.82, 2.24) is 10.2 Å². The van der Waals surface area contributed by atoms with Gasteiger partial charge < -0.3 is 10.2 Å². The third-order valence-electron chi connectivity index (χ3n) is 4.09. The largest absolute Gasteiger partial charge is 0.360 e. The van der Waals surface area contributed by atoms with Gasteiger partial charge in [-0.1, -0.05) is 40.0 Å². The van der Waals surface area contributed by atoms with E-state index in [9.17, 15) is 0 Å². The molecule has 1 aliphatic carbocycles. The first-order chi connectivity index (χ1) is 7.82. The van der Waals surface area contributed by atoms with Crippen LogP contribution in [0.2, 0.25) is 0 Å². The second-order valence-electron chi connectivity index (χ2n) is 6.44. The summed E-state index contributed by atoms with van der Waals surface area (Å²) in [6.45, 7) is 9.03. The molecule has 100 valence electrons.